The number of rotatable bonds is 4. The molecule has 0 N–H and O–H groups in total. The molecule has 4 rings (SSSR count). The van der Waals surface area contributed by atoms with E-state index in [0.29, 0.717) is 18.8 Å². The average molecular weight is 442 g/mol. The van der Waals surface area contributed by atoms with Crippen LogP contribution in [0.1, 0.15) is 5.56 Å². The first-order valence-electron chi connectivity index (χ1n) is 9.94. The molecular formula is C23H24ClN3O2S. The first-order chi connectivity index (χ1) is 14.4. The van der Waals surface area contributed by atoms with E-state index < -0.39 is 0 Å². The summed E-state index contributed by atoms with van der Waals surface area (Å²) in [4.78, 5) is 30.1. The second kappa shape index (κ2) is 8.74. The van der Waals surface area contributed by atoms with E-state index in [9.17, 15) is 9.59 Å². The van der Waals surface area contributed by atoms with E-state index in [1.807, 2.05) is 47.4 Å². The molecule has 0 unspecified atom stereocenters. The van der Waals surface area contributed by atoms with Crippen molar-refractivity contribution < 1.29 is 4.79 Å². The number of halogens is 1. The van der Waals surface area contributed by atoms with Crippen molar-refractivity contribution in [2.75, 3.05) is 36.8 Å². The minimum Gasteiger partial charge on any atom is -0.368 e. The Morgan fingerprint density at radius 3 is 2.57 bits per heavy atom. The summed E-state index contributed by atoms with van der Waals surface area (Å²) in [6, 6.07) is 15.3. The normalized spacial score (nSPS) is 14.4. The van der Waals surface area contributed by atoms with Crippen LogP contribution in [0.25, 0.3) is 10.9 Å². The molecule has 0 saturated carbocycles. The predicted octanol–water partition coefficient (Wildman–Crippen LogP) is 3.94. The zero-order chi connectivity index (χ0) is 21.3. The highest BCUT2D eigenvalue weighted by atomic mass is 35.5. The van der Waals surface area contributed by atoms with Crippen LogP contribution in [0, 0.1) is 6.92 Å². The number of aryl methyl sites for hydroxylation is 2. The summed E-state index contributed by atoms with van der Waals surface area (Å²) < 4.78 is 1.64. The van der Waals surface area contributed by atoms with Crippen molar-refractivity contribution in [3.63, 3.8) is 0 Å². The van der Waals surface area contributed by atoms with E-state index in [1.165, 1.54) is 17.3 Å². The number of thioether (sulfide) groups is 1. The standard InChI is InChI=1S/C23H24ClN3O2S/c1-16-7-8-17(24)13-20(16)26-9-11-27(12-10-26)23(29)15-30-21-14-22(28)25(2)19-6-4-3-5-18(19)21/h3-8,13-14H,9-12,15H2,1-2H3. The maximum absolute atomic E-state index is 12.8. The van der Waals surface area contributed by atoms with E-state index >= 15 is 0 Å². The van der Waals surface area contributed by atoms with Crippen molar-refractivity contribution in [1.82, 2.24) is 9.47 Å². The Balaban J connectivity index is 1.40. The molecule has 30 heavy (non-hydrogen) atoms. The summed E-state index contributed by atoms with van der Waals surface area (Å²) in [5, 5.41) is 1.73. The average Bonchev–Trinajstić information content (AvgIpc) is 2.77. The van der Waals surface area contributed by atoms with Crippen molar-refractivity contribution in [1.29, 1.82) is 0 Å². The first-order valence-corrected chi connectivity index (χ1v) is 11.3. The van der Waals surface area contributed by atoms with Gasteiger partial charge in [0.05, 0.1) is 11.3 Å². The van der Waals surface area contributed by atoms with Crippen LogP contribution in [-0.4, -0.2) is 47.3 Å². The zero-order valence-electron chi connectivity index (χ0n) is 17.1. The van der Waals surface area contributed by atoms with Crippen molar-refractivity contribution in [2.45, 2.75) is 11.8 Å². The van der Waals surface area contributed by atoms with Crippen molar-refractivity contribution in [2.24, 2.45) is 7.05 Å². The Kier molecular flexibility index (Phi) is 6.06. The number of carbonyl (C=O) groups is 1. The van der Waals surface area contributed by atoms with Crippen LogP contribution in [0.2, 0.25) is 5.02 Å². The van der Waals surface area contributed by atoms with E-state index in [0.717, 1.165) is 39.6 Å². The molecule has 1 fully saturated rings. The highest BCUT2D eigenvalue weighted by molar-refractivity contribution is 8.00. The van der Waals surface area contributed by atoms with Gasteiger partial charge in [0, 0.05) is 60.3 Å². The fourth-order valence-corrected chi connectivity index (χ4v) is 4.99. The fourth-order valence-electron chi connectivity index (χ4n) is 3.85. The maximum Gasteiger partial charge on any atom is 0.251 e. The quantitative estimate of drug-likeness (QED) is 0.575. The van der Waals surface area contributed by atoms with Gasteiger partial charge in [0.25, 0.3) is 5.56 Å². The van der Waals surface area contributed by atoms with Crippen molar-refractivity contribution >= 4 is 45.9 Å². The number of fused-ring (bicyclic) bond motifs is 1. The molecule has 1 amide bonds. The Morgan fingerprint density at radius 2 is 1.80 bits per heavy atom. The lowest BCUT2D eigenvalue weighted by Crippen LogP contribution is -2.49. The molecule has 1 aliphatic rings. The summed E-state index contributed by atoms with van der Waals surface area (Å²) in [6.07, 6.45) is 0. The molecule has 1 aliphatic heterocycles. The molecule has 0 aliphatic carbocycles. The van der Waals surface area contributed by atoms with Gasteiger partial charge in [-0.25, -0.2) is 0 Å². The topological polar surface area (TPSA) is 45.6 Å². The van der Waals surface area contributed by atoms with Gasteiger partial charge >= 0.3 is 0 Å². The van der Waals surface area contributed by atoms with Crippen molar-refractivity contribution in [3.8, 4) is 0 Å². The Labute approximate surface area is 185 Å². The molecule has 2 heterocycles. The summed E-state index contributed by atoms with van der Waals surface area (Å²) in [5.41, 5.74) is 3.14. The number of aromatic nitrogens is 1. The number of amides is 1. The van der Waals surface area contributed by atoms with Crippen LogP contribution in [0.4, 0.5) is 5.69 Å². The van der Waals surface area contributed by atoms with Gasteiger partial charge in [-0.1, -0.05) is 35.9 Å². The van der Waals surface area contributed by atoms with Crippen LogP contribution in [-0.2, 0) is 11.8 Å². The maximum atomic E-state index is 12.8. The van der Waals surface area contributed by atoms with Crippen LogP contribution < -0.4 is 10.5 Å². The smallest absolute Gasteiger partial charge is 0.251 e. The number of carbonyl (C=O) groups excluding carboxylic acids is 1. The van der Waals surface area contributed by atoms with E-state index in [1.54, 1.807) is 17.7 Å². The molecule has 3 aromatic rings. The minimum atomic E-state index is -0.0610. The van der Waals surface area contributed by atoms with E-state index in [2.05, 4.69) is 11.8 Å². The number of anilines is 1. The van der Waals surface area contributed by atoms with Gasteiger partial charge in [0.15, 0.2) is 0 Å². The number of hydrogen-bond donors (Lipinski definition) is 0. The number of pyridine rings is 1. The van der Waals surface area contributed by atoms with Gasteiger partial charge in [0.2, 0.25) is 5.91 Å². The van der Waals surface area contributed by atoms with Crippen LogP contribution in [0.3, 0.4) is 0 Å². The zero-order valence-corrected chi connectivity index (χ0v) is 18.7. The third kappa shape index (κ3) is 4.20. The molecule has 0 spiro atoms. The third-order valence-electron chi connectivity index (χ3n) is 5.61. The molecule has 0 radical (unpaired) electrons. The molecule has 0 atom stereocenters. The second-order valence-corrected chi connectivity index (χ2v) is 8.96. The Bertz CT molecular complexity index is 1150. The van der Waals surface area contributed by atoms with Crippen molar-refractivity contribution in [3.05, 3.63) is 69.5 Å². The monoisotopic (exact) mass is 441 g/mol. The molecule has 5 nitrogen and oxygen atoms in total. The van der Waals surface area contributed by atoms with Gasteiger partial charge in [-0.15, -0.1) is 11.8 Å². The molecule has 1 aromatic heterocycles. The largest absolute Gasteiger partial charge is 0.368 e. The lowest BCUT2D eigenvalue weighted by molar-refractivity contribution is -0.128. The first kappa shape index (κ1) is 20.8. The van der Waals surface area contributed by atoms with Gasteiger partial charge < -0.3 is 14.4 Å². The molecular weight excluding hydrogens is 418 g/mol. The minimum absolute atomic E-state index is 0.0610. The summed E-state index contributed by atoms with van der Waals surface area (Å²) in [5.74, 6) is 0.431. The van der Waals surface area contributed by atoms with E-state index in [4.69, 9.17) is 11.6 Å². The molecule has 156 valence electrons. The van der Waals surface area contributed by atoms with Gasteiger partial charge in [-0.3, -0.25) is 9.59 Å². The fraction of sp³-hybridized carbons (Fsp3) is 0.304. The highest BCUT2D eigenvalue weighted by Crippen LogP contribution is 2.28. The van der Waals surface area contributed by atoms with Crippen LogP contribution in [0.15, 0.2) is 58.2 Å². The molecule has 7 heteroatoms. The molecule has 0 bridgehead atoms. The lowest BCUT2D eigenvalue weighted by Gasteiger charge is -2.37. The van der Waals surface area contributed by atoms with Crippen LogP contribution >= 0.6 is 23.4 Å². The predicted molar refractivity (Wildman–Crippen MR) is 125 cm³/mol. The Morgan fingerprint density at radius 1 is 1.07 bits per heavy atom. The Hall–Kier alpha value is -2.44. The molecule has 1 saturated heterocycles. The number of nitrogens with zero attached hydrogens (tertiary/aromatic N) is 3. The lowest BCUT2D eigenvalue weighted by atomic mass is 10.1. The van der Waals surface area contributed by atoms with Gasteiger partial charge in [0.1, 0.15) is 0 Å². The molecule has 2 aromatic carbocycles. The number of piperazine rings is 1. The third-order valence-corrected chi connectivity index (χ3v) is 6.89. The van der Waals surface area contributed by atoms with Gasteiger partial charge in [-0.05, 0) is 30.7 Å². The number of para-hydroxylation sites is 1. The van der Waals surface area contributed by atoms with E-state index in [-0.39, 0.29) is 11.5 Å². The summed E-state index contributed by atoms with van der Waals surface area (Å²) in [7, 11) is 1.77. The number of benzene rings is 2. The second-order valence-electron chi connectivity index (χ2n) is 7.51. The highest BCUT2D eigenvalue weighted by Gasteiger charge is 2.22. The summed E-state index contributed by atoms with van der Waals surface area (Å²) >= 11 is 7.60. The summed E-state index contributed by atoms with van der Waals surface area (Å²) in [6.45, 7) is 5.01. The SMILES string of the molecule is Cc1ccc(Cl)cc1N1CCN(C(=O)CSc2cc(=O)n(C)c3ccccc23)CC1. The number of hydrogen-bond acceptors (Lipinski definition) is 4. The van der Waals surface area contributed by atoms with Gasteiger partial charge in [-0.2, -0.15) is 0 Å². The van der Waals surface area contributed by atoms with Crippen LogP contribution in [0.5, 0.6) is 0 Å².